The van der Waals surface area contributed by atoms with Gasteiger partial charge in [-0.2, -0.15) is 0 Å². The van der Waals surface area contributed by atoms with Gasteiger partial charge in [-0.15, -0.1) is 11.3 Å². The van der Waals surface area contributed by atoms with E-state index < -0.39 is 0 Å². The van der Waals surface area contributed by atoms with E-state index in [-0.39, 0.29) is 6.04 Å². The van der Waals surface area contributed by atoms with Crippen molar-refractivity contribution in [2.75, 3.05) is 0 Å². The summed E-state index contributed by atoms with van der Waals surface area (Å²) in [5, 5.41) is 1.07. The maximum Gasteiger partial charge on any atom is 0.124 e. The van der Waals surface area contributed by atoms with Gasteiger partial charge >= 0.3 is 0 Å². The van der Waals surface area contributed by atoms with Gasteiger partial charge in [0.2, 0.25) is 0 Å². The van der Waals surface area contributed by atoms with Crippen molar-refractivity contribution in [1.29, 1.82) is 0 Å². The predicted molar refractivity (Wildman–Crippen MR) is 69.6 cm³/mol. The maximum atomic E-state index is 5.85. The third kappa shape index (κ3) is 2.01. The molecule has 1 heterocycles. The maximum absolute atomic E-state index is 5.85. The van der Waals surface area contributed by atoms with Crippen molar-refractivity contribution >= 4 is 11.3 Å². The van der Waals surface area contributed by atoms with Gasteiger partial charge in [0.05, 0.1) is 0 Å². The Kier molecular flexibility index (Phi) is 3.08. The molecule has 2 N–H and O–H groups in total. The van der Waals surface area contributed by atoms with E-state index >= 15 is 0 Å². The van der Waals surface area contributed by atoms with Crippen molar-refractivity contribution in [3.05, 3.63) is 40.4 Å². The molecule has 2 aromatic rings. The van der Waals surface area contributed by atoms with Crippen LogP contribution >= 0.6 is 11.3 Å². The van der Waals surface area contributed by atoms with E-state index in [0.717, 1.165) is 9.88 Å². The number of benzene rings is 1. The molecule has 3 heteroatoms. The summed E-state index contributed by atoms with van der Waals surface area (Å²) in [5.74, 6) is 0. The number of thiazole rings is 1. The molecule has 0 aliphatic rings. The van der Waals surface area contributed by atoms with Crippen molar-refractivity contribution in [3.8, 4) is 10.6 Å². The van der Waals surface area contributed by atoms with Crippen molar-refractivity contribution in [3.63, 3.8) is 0 Å². The second kappa shape index (κ2) is 4.36. The first-order valence-corrected chi connectivity index (χ1v) is 6.19. The lowest BCUT2D eigenvalue weighted by Crippen LogP contribution is -2.01. The highest BCUT2D eigenvalue weighted by Gasteiger charge is 2.11. The number of nitrogens with two attached hydrogens (primary N) is 1. The van der Waals surface area contributed by atoms with Gasteiger partial charge in [-0.25, -0.2) is 4.98 Å². The lowest BCUT2D eigenvalue weighted by atomic mass is 10.0. The second-order valence-corrected chi connectivity index (χ2v) is 5.19. The molecule has 2 rings (SSSR count). The molecule has 2 nitrogen and oxygen atoms in total. The highest BCUT2D eigenvalue weighted by atomic mass is 32.1. The number of nitrogens with zero attached hydrogens (tertiary/aromatic N) is 1. The van der Waals surface area contributed by atoms with E-state index in [1.54, 1.807) is 11.3 Å². The topological polar surface area (TPSA) is 38.9 Å². The monoisotopic (exact) mass is 232 g/mol. The zero-order valence-corrected chi connectivity index (χ0v) is 10.6. The van der Waals surface area contributed by atoms with Gasteiger partial charge in [0.1, 0.15) is 5.01 Å². The molecule has 1 aromatic carbocycles. The molecule has 0 aliphatic carbocycles. The lowest BCUT2D eigenvalue weighted by molar-refractivity contribution is 0.835. The average molecular weight is 232 g/mol. The molecular formula is C13H16N2S. The van der Waals surface area contributed by atoms with E-state index in [9.17, 15) is 0 Å². The number of aryl methyl sites for hydroxylation is 2. The third-order valence-electron chi connectivity index (χ3n) is 2.67. The van der Waals surface area contributed by atoms with Gasteiger partial charge in [-0.1, -0.05) is 18.2 Å². The first-order valence-electron chi connectivity index (χ1n) is 5.37. The van der Waals surface area contributed by atoms with Gasteiger partial charge in [0.25, 0.3) is 0 Å². The summed E-state index contributed by atoms with van der Waals surface area (Å²) in [6.07, 6.45) is 1.89. The van der Waals surface area contributed by atoms with E-state index in [2.05, 4.69) is 37.0 Å². The number of aromatic nitrogens is 1. The number of hydrogen-bond donors (Lipinski definition) is 1. The fourth-order valence-electron chi connectivity index (χ4n) is 1.76. The second-order valence-electron chi connectivity index (χ2n) is 4.12. The van der Waals surface area contributed by atoms with Gasteiger partial charge in [-0.3, -0.25) is 0 Å². The normalized spacial score (nSPS) is 12.8. The fourth-order valence-corrected chi connectivity index (χ4v) is 2.81. The summed E-state index contributed by atoms with van der Waals surface area (Å²) in [7, 11) is 0. The number of hydrogen-bond acceptors (Lipinski definition) is 3. The van der Waals surface area contributed by atoms with Crippen LogP contribution in [0.25, 0.3) is 10.6 Å². The molecule has 0 saturated carbocycles. The SMILES string of the molecule is Cc1cccc(C)c1-c1ncc(C(C)N)s1. The molecule has 0 bridgehead atoms. The Hall–Kier alpha value is -1.19. The zero-order chi connectivity index (χ0) is 11.7. The van der Waals surface area contributed by atoms with Gasteiger partial charge < -0.3 is 5.73 Å². The Bertz CT molecular complexity index is 480. The molecule has 1 aromatic heterocycles. The van der Waals surface area contributed by atoms with E-state index in [1.807, 2.05) is 13.1 Å². The fraction of sp³-hybridized carbons (Fsp3) is 0.308. The minimum absolute atomic E-state index is 0.0653. The van der Waals surface area contributed by atoms with E-state index in [1.165, 1.54) is 16.7 Å². The summed E-state index contributed by atoms with van der Waals surface area (Å²) in [4.78, 5) is 5.60. The Morgan fingerprint density at radius 2 is 1.88 bits per heavy atom. The highest BCUT2D eigenvalue weighted by molar-refractivity contribution is 7.15. The predicted octanol–water partition coefficient (Wildman–Crippen LogP) is 3.45. The Morgan fingerprint density at radius 3 is 2.38 bits per heavy atom. The standard InChI is InChI=1S/C13H16N2S/c1-8-5-4-6-9(2)12(8)13-15-7-11(16-13)10(3)14/h4-7,10H,14H2,1-3H3. The Balaban J connectivity index is 2.50. The molecule has 0 aliphatic heterocycles. The minimum Gasteiger partial charge on any atom is -0.323 e. The summed E-state index contributed by atoms with van der Waals surface area (Å²) in [6.45, 7) is 6.23. The molecule has 0 amide bonds. The molecule has 0 spiro atoms. The quantitative estimate of drug-likeness (QED) is 0.861. The smallest absolute Gasteiger partial charge is 0.124 e. The molecule has 16 heavy (non-hydrogen) atoms. The summed E-state index contributed by atoms with van der Waals surface area (Å²) in [5.41, 5.74) is 9.64. The van der Waals surface area contributed by atoms with Crippen LogP contribution in [-0.2, 0) is 0 Å². The molecule has 1 unspecified atom stereocenters. The van der Waals surface area contributed by atoms with Crippen LogP contribution in [0.4, 0.5) is 0 Å². The van der Waals surface area contributed by atoms with Crippen LogP contribution in [0, 0.1) is 13.8 Å². The molecular weight excluding hydrogens is 216 g/mol. The first-order chi connectivity index (χ1) is 7.59. The van der Waals surface area contributed by atoms with Crippen LogP contribution in [0.1, 0.15) is 29.0 Å². The first kappa shape index (κ1) is 11.3. The van der Waals surface area contributed by atoms with Crippen molar-refractivity contribution in [2.45, 2.75) is 26.8 Å². The van der Waals surface area contributed by atoms with E-state index in [4.69, 9.17) is 5.73 Å². The molecule has 0 fully saturated rings. The summed E-state index contributed by atoms with van der Waals surface area (Å²) in [6, 6.07) is 6.38. The third-order valence-corrected chi connectivity index (χ3v) is 3.88. The zero-order valence-electron chi connectivity index (χ0n) is 9.82. The van der Waals surface area contributed by atoms with E-state index in [0.29, 0.717) is 0 Å². The minimum atomic E-state index is 0.0653. The molecule has 84 valence electrons. The van der Waals surface area contributed by atoms with Gasteiger partial charge in [0.15, 0.2) is 0 Å². The number of rotatable bonds is 2. The Labute approximate surface area is 100 Å². The largest absolute Gasteiger partial charge is 0.323 e. The van der Waals surface area contributed by atoms with Crippen LogP contribution in [0.5, 0.6) is 0 Å². The Morgan fingerprint density at radius 1 is 1.25 bits per heavy atom. The van der Waals surface area contributed by atoms with Gasteiger partial charge in [0, 0.05) is 22.7 Å². The van der Waals surface area contributed by atoms with Crippen LogP contribution in [0.15, 0.2) is 24.4 Å². The van der Waals surface area contributed by atoms with Crippen LogP contribution in [-0.4, -0.2) is 4.98 Å². The molecule has 0 radical (unpaired) electrons. The highest BCUT2D eigenvalue weighted by Crippen LogP contribution is 2.32. The van der Waals surface area contributed by atoms with Crippen LogP contribution < -0.4 is 5.73 Å². The van der Waals surface area contributed by atoms with Crippen LogP contribution in [0.3, 0.4) is 0 Å². The average Bonchev–Trinajstić information content (AvgIpc) is 2.66. The lowest BCUT2D eigenvalue weighted by Gasteiger charge is -2.05. The molecule has 1 atom stereocenters. The van der Waals surface area contributed by atoms with Crippen molar-refractivity contribution < 1.29 is 0 Å². The summed E-state index contributed by atoms with van der Waals surface area (Å²) >= 11 is 1.69. The van der Waals surface area contributed by atoms with Crippen LogP contribution in [0.2, 0.25) is 0 Å². The van der Waals surface area contributed by atoms with Crippen molar-refractivity contribution in [1.82, 2.24) is 4.98 Å². The summed E-state index contributed by atoms with van der Waals surface area (Å²) < 4.78 is 0. The van der Waals surface area contributed by atoms with Gasteiger partial charge in [-0.05, 0) is 31.9 Å². The van der Waals surface area contributed by atoms with Crippen molar-refractivity contribution in [2.24, 2.45) is 5.73 Å². The molecule has 0 saturated heterocycles.